The lowest BCUT2D eigenvalue weighted by Crippen LogP contribution is -2.47. The molecular weight excluding hydrogens is 651 g/mol. The molecule has 3 aliphatic rings. The standard InChI is InChI=1S/C25H30ClFN4O.2C4H4O4/c26-19-4-7-21-23(16-19)22(18-2-5-20(27)6-3-18)17-24(21)30-14-12-29(13-15-30)9-1-10-31-11-8-28-25(31)32;2*5-3(6)1-2-4(7)8/h2-7,16,22,24H,1,8-15,17H2,(H,28,32);2*1-2H,(H,5,6)(H,7,8)/b;2*2-1-. The molecule has 0 bridgehead atoms. The van der Waals surface area contributed by atoms with Gasteiger partial charge >= 0.3 is 29.9 Å². The summed E-state index contributed by atoms with van der Waals surface area (Å²) in [5, 5.41) is 34.9. The second-order valence-electron chi connectivity index (χ2n) is 11.1. The van der Waals surface area contributed by atoms with Gasteiger partial charge in [0.2, 0.25) is 0 Å². The number of carboxylic acid groups (broad SMARTS) is 4. The van der Waals surface area contributed by atoms with E-state index in [9.17, 15) is 28.4 Å². The summed E-state index contributed by atoms with van der Waals surface area (Å²) in [6, 6.07) is 13.6. The largest absolute Gasteiger partial charge is 0.478 e. The third kappa shape index (κ3) is 12.1. The Bertz CT molecular complexity index is 1440. The van der Waals surface area contributed by atoms with Crippen molar-refractivity contribution in [1.82, 2.24) is 20.0 Å². The van der Waals surface area contributed by atoms with Crippen LogP contribution in [-0.2, 0) is 19.2 Å². The maximum atomic E-state index is 13.5. The second-order valence-corrected chi connectivity index (χ2v) is 11.5. The summed E-state index contributed by atoms with van der Waals surface area (Å²) < 4.78 is 13.5. The number of hydrogen-bond donors (Lipinski definition) is 5. The maximum absolute atomic E-state index is 13.5. The van der Waals surface area contributed by atoms with Gasteiger partial charge in [-0.15, -0.1) is 0 Å². The molecule has 2 amide bonds. The number of aliphatic carboxylic acids is 4. The number of carboxylic acids is 4. The predicted molar refractivity (Wildman–Crippen MR) is 173 cm³/mol. The normalized spacial score (nSPS) is 19.2. The summed E-state index contributed by atoms with van der Waals surface area (Å²) >= 11 is 6.35. The highest BCUT2D eigenvalue weighted by atomic mass is 35.5. The van der Waals surface area contributed by atoms with Crippen LogP contribution in [-0.4, -0.2) is 117 Å². The molecule has 2 saturated heterocycles. The number of benzene rings is 2. The molecule has 5 N–H and O–H groups in total. The van der Waals surface area contributed by atoms with E-state index in [1.807, 2.05) is 23.1 Å². The zero-order valence-corrected chi connectivity index (χ0v) is 26.8. The van der Waals surface area contributed by atoms with E-state index in [1.54, 1.807) is 12.1 Å². The van der Waals surface area contributed by atoms with Crippen molar-refractivity contribution in [2.24, 2.45) is 0 Å². The lowest BCUT2D eigenvalue weighted by atomic mass is 9.93. The summed E-state index contributed by atoms with van der Waals surface area (Å²) in [7, 11) is 0. The highest BCUT2D eigenvalue weighted by Gasteiger charge is 2.36. The van der Waals surface area contributed by atoms with E-state index in [0.29, 0.717) is 30.3 Å². The molecule has 2 aromatic rings. The Morgan fingerprint density at radius 2 is 1.35 bits per heavy atom. The van der Waals surface area contributed by atoms with Gasteiger partial charge in [-0.25, -0.2) is 28.4 Å². The van der Waals surface area contributed by atoms with Gasteiger partial charge in [0.25, 0.3) is 0 Å². The Hall–Kier alpha value is -4.79. The highest BCUT2D eigenvalue weighted by Crippen LogP contribution is 2.47. The van der Waals surface area contributed by atoms with Crippen LogP contribution in [0.2, 0.25) is 5.02 Å². The number of rotatable bonds is 10. The number of nitrogens with one attached hydrogen (secondary N) is 1. The average molecular weight is 689 g/mol. The zero-order chi connectivity index (χ0) is 35.2. The Morgan fingerprint density at radius 3 is 1.85 bits per heavy atom. The Balaban J connectivity index is 0.000000325. The van der Waals surface area contributed by atoms with Crippen LogP contribution in [0.4, 0.5) is 9.18 Å². The van der Waals surface area contributed by atoms with Crippen molar-refractivity contribution in [2.45, 2.75) is 24.8 Å². The minimum Gasteiger partial charge on any atom is -0.478 e. The van der Waals surface area contributed by atoms with Crippen LogP contribution in [0.15, 0.2) is 66.8 Å². The van der Waals surface area contributed by atoms with Gasteiger partial charge in [0.1, 0.15) is 5.82 Å². The molecule has 2 unspecified atom stereocenters. The van der Waals surface area contributed by atoms with Gasteiger partial charge < -0.3 is 35.5 Å². The highest BCUT2D eigenvalue weighted by molar-refractivity contribution is 6.30. The molecule has 2 fully saturated rings. The smallest absolute Gasteiger partial charge is 0.328 e. The molecule has 0 spiro atoms. The molecule has 5 rings (SSSR count). The number of hydrogen-bond acceptors (Lipinski definition) is 7. The fourth-order valence-corrected chi connectivity index (χ4v) is 5.96. The quantitative estimate of drug-likeness (QED) is 0.230. The van der Waals surface area contributed by atoms with E-state index < -0.39 is 23.9 Å². The molecule has 0 radical (unpaired) electrons. The fraction of sp³-hybridized carbons (Fsp3) is 0.364. The number of amides is 2. The molecule has 2 heterocycles. The van der Waals surface area contributed by atoms with Crippen LogP contribution in [0.1, 0.15) is 41.5 Å². The average Bonchev–Trinajstić information content (AvgIpc) is 3.63. The Labute approximate surface area is 281 Å². The van der Waals surface area contributed by atoms with Gasteiger partial charge in [-0.3, -0.25) is 4.90 Å². The monoisotopic (exact) mass is 688 g/mol. The molecule has 13 nitrogen and oxygen atoms in total. The number of nitrogens with zero attached hydrogens (tertiary/aromatic N) is 3. The van der Waals surface area contributed by atoms with Crippen molar-refractivity contribution >= 4 is 41.5 Å². The molecule has 15 heteroatoms. The number of piperazine rings is 1. The van der Waals surface area contributed by atoms with Crippen LogP contribution >= 0.6 is 11.6 Å². The van der Waals surface area contributed by atoms with Crippen LogP contribution in [0.3, 0.4) is 0 Å². The van der Waals surface area contributed by atoms with Gasteiger partial charge in [-0.05, 0) is 60.3 Å². The van der Waals surface area contributed by atoms with Crippen molar-refractivity contribution in [2.75, 3.05) is 52.4 Å². The van der Waals surface area contributed by atoms with Crippen LogP contribution in [0.5, 0.6) is 0 Å². The van der Waals surface area contributed by atoms with E-state index in [4.69, 9.17) is 32.0 Å². The maximum Gasteiger partial charge on any atom is 0.328 e. The van der Waals surface area contributed by atoms with E-state index in [2.05, 4.69) is 27.2 Å². The number of carbonyl (C=O) groups is 5. The van der Waals surface area contributed by atoms with Crippen molar-refractivity contribution in [3.63, 3.8) is 0 Å². The van der Waals surface area contributed by atoms with Crippen molar-refractivity contribution in [1.29, 1.82) is 0 Å². The first-order valence-electron chi connectivity index (χ1n) is 15.2. The van der Waals surface area contributed by atoms with E-state index >= 15 is 0 Å². The molecule has 0 saturated carbocycles. The number of halogens is 2. The molecule has 1 aliphatic carbocycles. The first-order chi connectivity index (χ1) is 22.8. The molecule has 2 atom stereocenters. The third-order valence-corrected chi connectivity index (χ3v) is 8.18. The van der Waals surface area contributed by atoms with Crippen LogP contribution < -0.4 is 5.32 Å². The molecular formula is C33H38ClFN4O9. The van der Waals surface area contributed by atoms with Crippen molar-refractivity contribution < 1.29 is 48.8 Å². The topological polar surface area (TPSA) is 188 Å². The second kappa shape index (κ2) is 18.5. The SMILES string of the molecule is O=C(O)/C=C\C(=O)O.O=C(O)/C=C\C(=O)O.O=C1NCCN1CCCN1CCN(C2CC(c3ccc(F)cc3)c3cc(Cl)ccc32)CC1. The molecule has 2 aromatic carbocycles. The summed E-state index contributed by atoms with van der Waals surface area (Å²) in [6.07, 6.45) is 4.26. The first kappa shape index (κ1) is 37.7. The number of carbonyl (C=O) groups excluding carboxylic acids is 1. The third-order valence-electron chi connectivity index (χ3n) is 7.95. The zero-order valence-electron chi connectivity index (χ0n) is 26.0. The van der Waals surface area contributed by atoms with Crippen molar-refractivity contribution in [3.8, 4) is 0 Å². The van der Waals surface area contributed by atoms with E-state index in [-0.39, 0.29) is 17.8 Å². The number of urea groups is 1. The first-order valence-corrected chi connectivity index (χ1v) is 15.5. The summed E-state index contributed by atoms with van der Waals surface area (Å²) in [5.74, 6) is -4.98. The lowest BCUT2D eigenvalue weighted by Gasteiger charge is -2.38. The molecule has 2 aliphatic heterocycles. The minimum atomic E-state index is -1.26. The molecule has 48 heavy (non-hydrogen) atoms. The van der Waals surface area contributed by atoms with Crippen molar-refractivity contribution in [3.05, 3.63) is 94.3 Å². The summed E-state index contributed by atoms with van der Waals surface area (Å²) in [4.78, 5) is 56.9. The Morgan fingerprint density at radius 1 is 0.792 bits per heavy atom. The van der Waals surface area contributed by atoms with Gasteiger partial charge in [0.05, 0.1) is 0 Å². The van der Waals surface area contributed by atoms with Gasteiger partial charge in [-0.1, -0.05) is 29.8 Å². The number of fused-ring (bicyclic) bond motifs is 1. The lowest BCUT2D eigenvalue weighted by molar-refractivity contribution is -0.134. The van der Waals surface area contributed by atoms with Gasteiger partial charge in [0.15, 0.2) is 0 Å². The van der Waals surface area contributed by atoms with Gasteiger partial charge in [0, 0.05) is 87.1 Å². The van der Waals surface area contributed by atoms with Crippen LogP contribution in [0, 0.1) is 5.82 Å². The van der Waals surface area contributed by atoms with E-state index in [1.165, 1.54) is 11.1 Å². The van der Waals surface area contributed by atoms with Crippen LogP contribution in [0.25, 0.3) is 0 Å². The van der Waals surface area contributed by atoms with Gasteiger partial charge in [-0.2, -0.15) is 0 Å². The minimum absolute atomic E-state index is 0.0746. The van der Waals surface area contributed by atoms with E-state index in [0.717, 1.165) is 75.8 Å². The summed E-state index contributed by atoms with van der Waals surface area (Å²) in [6.45, 7) is 7.63. The molecule has 258 valence electrons. The fourth-order valence-electron chi connectivity index (χ4n) is 5.78. The summed E-state index contributed by atoms with van der Waals surface area (Å²) in [5.41, 5.74) is 3.79. The predicted octanol–water partition coefficient (Wildman–Crippen LogP) is 3.51. The Kier molecular flexibility index (Phi) is 14.5. The molecule has 0 aromatic heterocycles.